The van der Waals surface area contributed by atoms with E-state index in [0.29, 0.717) is 43.2 Å². The van der Waals surface area contributed by atoms with Crippen LogP contribution in [0.2, 0.25) is 0 Å². The molecule has 0 radical (unpaired) electrons. The van der Waals surface area contributed by atoms with Gasteiger partial charge in [-0.05, 0) is 97.9 Å². The molecule has 3 aromatic rings. The fourth-order valence-electron chi connectivity index (χ4n) is 11.9. The van der Waals surface area contributed by atoms with Gasteiger partial charge >= 0.3 is 12.5 Å². The van der Waals surface area contributed by atoms with E-state index in [1.807, 2.05) is 54.6 Å². The Hall–Kier alpha value is -4.41. The monoisotopic (exact) mass is 769 g/mol. The molecule has 0 aromatic heterocycles. The molecule has 6 aliphatic carbocycles. The second-order valence-electron chi connectivity index (χ2n) is 17.3. The van der Waals surface area contributed by atoms with Crippen LogP contribution in [0.15, 0.2) is 103 Å². The average Bonchev–Trinajstić information content (AvgIpc) is 3.44. The summed E-state index contributed by atoms with van der Waals surface area (Å²) in [6.45, 7) is 6.21. The van der Waals surface area contributed by atoms with Crippen LogP contribution in [0.1, 0.15) is 81.6 Å². The van der Waals surface area contributed by atoms with Gasteiger partial charge in [-0.25, -0.2) is 4.79 Å². The van der Waals surface area contributed by atoms with Gasteiger partial charge in [-0.15, -0.1) is 13.2 Å². The Morgan fingerprint density at radius 1 is 0.839 bits per heavy atom. The van der Waals surface area contributed by atoms with E-state index in [1.165, 1.54) is 29.2 Å². The van der Waals surface area contributed by atoms with Crippen molar-refractivity contribution in [3.05, 3.63) is 114 Å². The van der Waals surface area contributed by atoms with E-state index in [-0.39, 0.29) is 48.5 Å². The van der Waals surface area contributed by atoms with Crippen LogP contribution >= 0.6 is 0 Å². The highest BCUT2D eigenvalue weighted by Gasteiger charge is 2.74. The van der Waals surface area contributed by atoms with Crippen molar-refractivity contribution in [2.45, 2.75) is 90.3 Å². The number of hydrogen-bond donors (Lipinski definition) is 2. The minimum atomic E-state index is -4.83. The zero-order valence-corrected chi connectivity index (χ0v) is 32.1. The first-order valence-corrected chi connectivity index (χ1v) is 19.9. The Labute approximate surface area is 326 Å². The summed E-state index contributed by atoms with van der Waals surface area (Å²) in [5.74, 6) is -0.447. The third-order valence-corrected chi connectivity index (χ3v) is 14.7. The van der Waals surface area contributed by atoms with Gasteiger partial charge in [0.1, 0.15) is 5.75 Å². The number of alkyl halides is 3. The lowest BCUT2D eigenvalue weighted by molar-refractivity contribution is -0.274. The van der Waals surface area contributed by atoms with E-state index in [4.69, 9.17) is 4.74 Å². The van der Waals surface area contributed by atoms with Gasteiger partial charge in [0.25, 0.3) is 0 Å². The first-order chi connectivity index (χ1) is 26.6. The van der Waals surface area contributed by atoms with Crippen molar-refractivity contribution in [3.8, 4) is 16.9 Å². The normalized spacial score (nSPS) is 34.1. The summed E-state index contributed by atoms with van der Waals surface area (Å²) < 4.78 is 48.0. The molecule has 2 N–H and O–H groups in total. The average molecular weight is 770 g/mol. The van der Waals surface area contributed by atoms with Gasteiger partial charge in [0.2, 0.25) is 0 Å². The number of carbonyl (C=O) groups excluding carboxylic acids is 2. The van der Waals surface area contributed by atoms with Crippen LogP contribution < -0.4 is 4.74 Å². The summed E-state index contributed by atoms with van der Waals surface area (Å²) in [5.41, 5.74) is 0.522. The van der Waals surface area contributed by atoms with E-state index in [2.05, 4.69) is 36.8 Å². The van der Waals surface area contributed by atoms with Crippen molar-refractivity contribution in [3.63, 3.8) is 0 Å². The zero-order chi connectivity index (χ0) is 39.7. The Morgan fingerprint density at radius 2 is 1.48 bits per heavy atom. The highest BCUT2D eigenvalue weighted by molar-refractivity contribution is 6.10. The van der Waals surface area contributed by atoms with Crippen LogP contribution in [-0.2, 0) is 11.3 Å². The van der Waals surface area contributed by atoms with Crippen molar-refractivity contribution in [2.75, 3.05) is 13.2 Å². The second kappa shape index (κ2) is 13.6. The molecule has 6 aliphatic rings. The standard InChI is InChI=1S/C46H50F3NO6/c1-4-55-40(53)50(28-30-10-16-35(17-11-30)56-46(47,48)49)29-44(54)23-20-38-42(44,3)22-19-37-41(2)21-18-34(51)26-43(41)24-25-45(37,38)36(27-43)39(52)33-14-12-32(13-15-33)31-8-6-5-7-9-31/h5-17,24-25,27,34,37-38,51,54H,4,18-23,26,28-29H2,1-3H3. The number of ketones is 1. The molecule has 56 heavy (non-hydrogen) atoms. The van der Waals surface area contributed by atoms with E-state index in [1.54, 1.807) is 6.92 Å². The second-order valence-corrected chi connectivity index (χ2v) is 17.3. The molecule has 0 saturated heterocycles. The number of ether oxygens (including phenoxy) is 2. The van der Waals surface area contributed by atoms with Gasteiger partial charge in [0.15, 0.2) is 5.78 Å². The maximum absolute atomic E-state index is 15.1. The molecule has 3 saturated carbocycles. The molecule has 0 heterocycles. The third kappa shape index (κ3) is 6.01. The number of allylic oxidation sites excluding steroid dienone is 4. The minimum Gasteiger partial charge on any atom is -0.450 e. The fourth-order valence-corrected chi connectivity index (χ4v) is 11.9. The molecule has 2 spiro atoms. The zero-order valence-electron chi connectivity index (χ0n) is 32.1. The molecular formula is C46H50F3NO6. The number of halogens is 3. The van der Waals surface area contributed by atoms with Crippen molar-refractivity contribution in [1.29, 1.82) is 0 Å². The predicted octanol–water partition coefficient (Wildman–Crippen LogP) is 9.68. The van der Waals surface area contributed by atoms with E-state index < -0.39 is 40.4 Å². The summed E-state index contributed by atoms with van der Waals surface area (Å²) in [4.78, 5) is 30.0. The summed E-state index contributed by atoms with van der Waals surface area (Å²) in [7, 11) is 0. The molecule has 8 unspecified atom stereocenters. The number of Topliss-reactive ketones (excluding diaryl/α,β-unsaturated/α-hetero) is 1. The van der Waals surface area contributed by atoms with Crippen LogP contribution in [0, 0.1) is 33.5 Å². The number of benzene rings is 3. The van der Waals surface area contributed by atoms with E-state index >= 15 is 4.79 Å². The molecule has 8 atom stereocenters. The van der Waals surface area contributed by atoms with Crippen LogP contribution in [-0.4, -0.2) is 58.2 Å². The van der Waals surface area contributed by atoms with Gasteiger partial charge in [-0.3, -0.25) is 4.79 Å². The number of fused-ring (bicyclic) bond motifs is 1. The molecule has 1 amide bonds. The molecule has 3 fully saturated rings. The van der Waals surface area contributed by atoms with Gasteiger partial charge < -0.3 is 24.6 Å². The summed E-state index contributed by atoms with van der Waals surface area (Å²) in [6, 6.07) is 23.2. The minimum absolute atomic E-state index is 0.00733. The maximum Gasteiger partial charge on any atom is 0.573 e. The van der Waals surface area contributed by atoms with Crippen molar-refractivity contribution in [1.82, 2.24) is 4.90 Å². The lowest BCUT2D eigenvalue weighted by Gasteiger charge is -2.71. The number of hydrogen-bond acceptors (Lipinski definition) is 6. The molecule has 9 rings (SSSR count). The fraction of sp³-hybridized carbons (Fsp3) is 0.478. The summed E-state index contributed by atoms with van der Waals surface area (Å²) in [5, 5.41) is 24.0. The molecule has 3 aromatic carbocycles. The number of carbonyl (C=O) groups is 2. The molecule has 7 nitrogen and oxygen atoms in total. The number of aliphatic hydroxyl groups is 2. The molecule has 296 valence electrons. The van der Waals surface area contributed by atoms with Gasteiger partial charge in [-0.2, -0.15) is 0 Å². The highest BCUT2D eigenvalue weighted by Crippen LogP contribution is 2.78. The topological polar surface area (TPSA) is 96.3 Å². The van der Waals surface area contributed by atoms with Crippen molar-refractivity contribution < 1.29 is 42.4 Å². The van der Waals surface area contributed by atoms with E-state index in [9.17, 15) is 28.2 Å². The summed E-state index contributed by atoms with van der Waals surface area (Å²) >= 11 is 0. The lowest BCUT2D eigenvalue weighted by atomic mass is 9.32. The SMILES string of the molecule is CCOC(=O)N(Cc1ccc(OC(F)(F)F)cc1)CC1(O)CCC2C34C=CC5(C=C3C(=O)c3ccc(-c6ccccc6)cc3)CC(O)CCC5(C)C4CCC21C. The number of rotatable bonds is 9. The van der Waals surface area contributed by atoms with Gasteiger partial charge in [-0.1, -0.05) is 98.8 Å². The van der Waals surface area contributed by atoms with Crippen LogP contribution in [0.4, 0.5) is 18.0 Å². The smallest absolute Gasteiger partial charge is 0.450 e. The highest BCUT2D eigenvalue weighted by atomic mass is 19.4. The largest absolute Gasteiger partial charge is 0.573 e. The van der Waals surface area contributed by atoms with Crippen molar-refractivity contribution in [2.24, 2.45) is 33.5 Å². The molecule has 10 heteroatoms. The molecule has 0 aliphatic heterocycles. The number of aliphatic hydroxyl groups excluding tert-OH is 1. The summed E-state index contributed by atoms with van der Waals surface area (Å²) in [6.07, 6.45) is 5.32. The first kappa shape index (κ1) is 38.5. The number of nitrogens with zero attached hydrogens (tertiary/aromatic N) is 1. The van der Waals surface area contributed by atoms with Crippen molar-refractivity contribution >= 4 is 11.9 Å². The predicted molar refractivity (Wildman–Crippen MR) is 205 cm³/mol. The van der Waals surface area contributed by atoms with Crippen LogP contribution in [0.3, 0.4) is 0 Å². The third-order valence-electron chi connectivity index (χ3n) is 14.7. The van der Waals surface area contributed by atoms with Crippen LogP contribution in [0.25, 0.3) is 11.1 Å². The van der Waals surface area contributed by atoms with Gasteiger partial charge in [0.05, 0.1) is 24.9 Å². The Kier molecular flexibility index (Phi) is 9.35. The number of amides is 1. The first-order valence-electron chi connectivity index (χ1n) is 19.9. The molecular weight excluding hydrogens is 720 g/mol. The van der Waals surface area contributed by atoms with E-state index in [0.717, 1.165) is 29.5 Å². The van der Waals surface area contributed by atoms with Crippen LogP contribution in [0.5, 0.6) is 5.75 Å². The Morgan fingerprint density at radius 3 is 2.16 bits per heavy atom. The lowest BCUT2D eigenvalue weighted by Crippen LogP contribution is -2.67. The Bertz CT molecular complexity index is 2050. The maximum atomic E-state index is 15.1. The quantitative estimate of drug-likeness (QED) is 0.166. The van der Waals surface area contributed by atoms with Gasteiger partial charge in [0, 0.05) is 33.9 Å². The molecule has 2 bridgehead atoms. The Balaban J connectivity index is 1.15.